The van der Waals surface area contributed by atoms with E-state index in [2.05, 4.69) is 13.0 Å². The number of carbonyl (C=O) groups is 1. The molecule has 3 heteroatoms. The minimum Gasteiger partial charge on any atom is -0.381 e. The van der Waals surface area contributed by atoms with Gasteiger partial charge in [0, 0.05) is 26.8 Å². The Labute approximate surface area is 115 Å². The van der Waals surface area contributed by atoms with E-state index in [4.69, 9.17) is 4.74 Å². The molecular weight excluding hydrogens is 238 g/mol. The van der Waals surface area contributed by atoms with Crippen LogP contribution in [0.15, 0.2) is 24.3 Å². The molecule has 0 atom stereocenters. The molecule has 1 aromatic carbocycles. The average molecular weight is 261 g/mol. The zero-order valence-electron chi connectivity index (χ0n) is 11.9. The largest absolute Gasteiger partial charge is 0.381 e. The Kier molecular flexibility index (Phi) is 4.97. The van der Waals surface area contributed by atoms with E-state index in [-0.39, 0.29) is 5.91 Å². The molecule has 1 amide bonds. The lowest BCUT2D eigenvalue weighted by atomic mass is 9.99. The van der Waals surface area contributed by atoms with Crippen LogP contribution >= 0.6 is 0 Å². The van der Waals surface area contributed by atoms with Crippen molar-refractivity contribution in [3.05, 3.63) is 35.4 Å². The Hall–Kier alpha value is -1.35. The number of hydrogen-bond donors (Lipinski definition) is 0. The van der Waals surface area contributed by atoms with Gasteiger partial charge in [-0.1, -0.05) is 24.3 Å². The molecule has 1 saturated heterocycles. The summed E-state index contributed by atoms with van der Waals surface area (Å²) in [7, 11) is 1.91. The fraction of sp³-hybridized carbons (Fsp3) is 0.562. The average Bonchev–Trinajstić information content (AvgIpc) is 2.42. The summed E-state index contributed by atoms with van der Waals surface area (Å²) >= 11 is 0. The summed E-state index contributed by atoms with van der Waals surface area (Å²) < 4.78 is 5.35. The maximum atomic E-state index is 12.2. The van der Waals surface area contributed by atoms with E-state index in [9.17, 15) is 4.79 Å². The maximum Gasteiger partial charge on any atom is 0.226 e. The molecule has 0 aliphatic carbocycles. The van der Waals surface area contributed by atoms with Crippen molar-refractivity contribution in [2.45, 2.75) is 26.2 Å². The number of hydrogen-bond acceptors (Lipinski definition) is 2. The van der Waals surface area contributed by atoms with Gasteiger partial charge in [0.05, 0.1) is 6.42 Å². The van der Waals surface area contributed by atoms with E-state index >= 15 is 0 Å². The van der Waals surface area contributed by atoms with Gasteiger partial charge in [0.15, 0.2) is 0 Å². The minimum atomic E-state index is 0.209. The van der Waals surface area contributed by atoms with Crippen LogP contribution in [0.3, 0.4) is 0 Å². The number of nitrogens with zero attached hydrogens (tertiary/aromatic N) is 1. The Morgan fingerprint density at radius 2 is 2.00 bits per heavy atom. The predicted octanol–water partition coefficient (Wildman–Crippen LogP) is 2.42. The van der Waals surface area contributed by atoms with E-state index in [0.29, 0.717) is 12.3 Å². The van der Waals surface area contributed by atoms with Gasteiger partial charge in [-0.3, -0.25) is 4.79 Å². The van der Waals surface area contributed by atoms with Crippen LogP contribution in [0.5, 0.6) is 0 Å². The van der Waals surface area contributed by atoms with Crippen LogP contribution < -0.4 is 0 Å². The zero-order chi connectivity index (χ0) is 13.7. The SMILES string of the molecule is Cc1ccccc1CC(=O)N(C)CC1CCOCC1. The van der Waals surface area contributed by atoms with Gasteiger partial charge in [0.25, 0.3) is 0 Å². The Morgan fingerprint density at radius 1 is 1.32 bits per heavy atom. The number of ether oxygens (including phenoxy) is 1. The highest BCUT2D eigenvalue weighted by Crippen LogP contribution is 2.16. The molecule has 19 heavy (non-hydrogen) atoms. The van der Waals surface area contributed by atoms with Gasteiger partial charge in [-0.2, -0.15) is 0 Å². The van der Waals surface area contributed by atoms with Crippen molar-refractivity contribution < 1.29 is 9.53 Å². The molecule has 1 aliphatic rings. The summed E-state index contributed by atoms with van der Waals surface area (Å²) in [6.45, 7) is 4.59. The van der Waals surface area contributed by atoms with E-state index in [1.165, 1.54) is 5.56 Å². The normalized spacial score (nSPS) is 16.3. The molecule has 0 saturated carbocycles. The molecule has 0 N–H and O–H groups in total. The second-order valence-corrected chi connectivity index (χ2v) is 5.43. The number of carbonyl (C=O) groups excluding carboxylic acids is 1. The first kappa shape index (κ1) is 14.1. The van der Waals surface area contributed by atoms with E-state index in [0.717, 1.165) is 38.2 Å². The smallest absolute Gasteiger partial charge is 0.226 e. The molecule has 2 rings (SSSR count). The summed E-state index contributed by atoms with van der Waals surface area (Å²) in [5, 5.41) is 0. The molecule has 1 aliphatic heterocycles. The lowest BCUT2D eigenvalue weighted by Crippen LogP contribution is -2.35. The molecule has 104 valence electrons. The fourth-order valence-electron chi connectivity index (χ4n) is 2.52. The predicted molar refractivity (Wildman–Crippen MR) is 76.1 cm³/mol. The molecule has 0 unspecified atom stereocenters. The summed E-state index contributed by atoms with van der Waals surface area (Å²) in [5.41, 5.74) is 2.32. The second-order valence-electron chi connectivity index (χ2n) is 5.43. The molecule has 0 bridgehead atoms. The molecular formula is C16H23NO2. The van der Waals surface area contributed by atoms with Crippen LogP contribution in [0, 0.1) is 12.8 Å². The molecule has 0 radical (unpaired) electrons. The highest BCUT2D eigenvalue weighted by molar-refractivity contribution is 5.78. The van der Waals surface area contributed by atoms with Gasteiger partial charge in [0.1, 0.15) is 0 Å². The topological polar surface area (TPSA) is 29.5 Å². The van der Waals surface area contributed by atoms with E-state index in [1.807, 2.05) is 30.1 Å². The number of amides is 1. The lowest BCUT2D eigenvalue weighted by Gasteiger charge is -2.27. The van der Waals surface area contributed by atoms with Crippen molar-refractivity contribution in [3.63, 3.8) is 0 Å². The molecule has 0 spiro atoms. The zero-order valence-corrected chi connectivity index (χ0v) is 11.9. The summed E-state index contributed by atoms with van der Waals surface area (Å²) in [4.78, 5) is 14.1. The van der Waals surface area contributed by atoms with Gasteiger partial charge >= 0.3 is 0 Å². The number of likely N-dealkylation sites (N-methyl/N-ethyl adjacent to an activating group) is 1. The molecule has 1 heterocycles. The van der Waals surface area contributed by atoms with Crippen molar-refractivity contribution in [2.24, 2.45) is 5.92 Å². The number of rotatable bonds is 4. The summed E-state index contributed by atoms with van der Waals surface area (Å²) in [6, 6.07) is 8.10. The van der Waals surface area contributed by atoms with Crippen LogP contribution in [0.4, 0.5) is 0 Å². The lowest BCUT2D eigenvalue weighted by molar-refractivity contribution is -0.130. The van der Waals surface area contributed by atoms with E-state index < -0.39 is 0 Å². The Morgan fingerprint density at radius 3 is 2.68 bits per heavy atom. The van der Waals surface area contributed by atoms with Crippen molar-refractivity contribution in [3.8, 4) is 0 Å². The van der Waals surface area contributed by atoms with Crippen LogP contribution in [-0.2, 0) is 16.0 Å². The third-order valence-electron chi connectivity index (χ3n) is 3.90. The number of benzene rings is 1. The van der Waals surface area contributed by atoms with Crippen LogP contribution in [-0.4, -0.2) is 37.6 Å². The van der Waals surface area contributed by atoms with E-state index in [1.54, 1.807) is 0 Å². The quantitative estimate of drug-likeness (QED) is 0.833. The minimum absolute atomic E-state index is 0.209. The first-order valence-electron chi connectivity index (χ1n) is 7.03. The van der Waals surface area contributed by atoms with Crippen LogP contribution in [0.2, 0.25) is 0 Å². The second kappa shape index (κ2) is 6.71. The van der Waals surface area contributed by atoms with Crippen molar-refractivity contribution in [1.82, 2.24) is 4.90 Å². The standard InChI is InChI=1S/C16H23NO2/c1-13-5-3-4-6-15(13)11-16(18)17(2)12-14-7-9-19-10-8-14/h3-6,14H,7-12H2,1-2H3. The molecule has 3 nitrogen and oxygen atoms in total. The molecule has 1 fully saturated rings. The van der Waals surface area contributed by atoms with Crippen LogP contribution in [0.1, 0.15) is 24.0 Å². The summed E-state index contributed by atoms with van der Waals surface area (Å²) in [5.74, 6) is 0.806. The van der Waals surface area contributed by atoms with Gasteiger partial charge in [-0.25, -0.2) is 0 Å². The van der Waals surface area contributed by atoms with Crippen molar-refractivity contribution in [2.75, 3.05) is 26.8 Å². The monoisotopic (exact) mass is 261 g/mol. The van der Waals surface area contributed by atoms with Crippen LogP contribution in [0.25, 0.3) is 0 Å². The van der Waals surface area contributed by atoms with Crippen molar-refractivity contribution >= 4 is 5.91 Å². The fourth-order valence-corrected chi connectivity index (χ4v) is 2.52. The maximum absolute atomic E-state index is 12.2. The highest BCUT2D eigenvalue weighted by Gasteiger charge is 2.18. The first-order valence-corrected chi connectivity index (χ1v) is 7.03. The third kappa shape index (κ3) is 4.06. The Balaban J connectivity index is 1.87. The molecule has 1 aromatic rings. The first-order chi connectivity index (χ1) is 9.16. The Bertz CT molecular complexity index is 425. The van der Waals surface area contributed by atoms with Gasteiger partial charge in [0.2, 0.25) is 5.91 Å². The summed E-state index contributed by atoms with van der Waals surface area (Å²) in [6.07, 6.45) is 2.65. The molecule has 0 aromatic heterocycles. The van der Waals surface area contributed by atoms with Crippen molar-refractivity contribution in [1.29, 1.82) is 0 Å². The highest BCUT2D eigenvalue weighted by atomic mass is 16.5. The third-order valence-corrected chi connectivity index (χ3v) is 3.90. The van der Waals surface area contributed by atoms with Gasteiger partial charge < -0.3 is 9.64 Å². The van der Waals surface area contributed by atoms with Gasteiger partial charge in [-0.05, 0) is 36.8 Å². The number of aryl methyl sites for hydroxylation is 1. The van der Waals surface area contributed by atoms with Gasteiger partial charge in [-0.15, -0.1) is 0 Å².